The summed E-state index contributed by atoms with van der Waals surface area (Å²) in [5.41, 5.74) is 8.38. The van der Waals surface area contributed by atoms with Gasteiger partial charge in [-0.3, -0.25) is 5.41 Å². The predicted molar refractivity (Wildman–Crippen MR) is 63.5 cm³/mol. The summed E-state index contributed by atoms with van der Waals surface area (Å²) in [5.74, 6) is 0.00327. The number of hydrogen-bond donors (Lipinski definition) is 2. The lowest BCUT2D eigenvalue weighted by molar-refractivity contribution is 0.792. The average molecular weight is 214 g/mol. The second kappa shape index (κ2) is 4.18. The molecular weight excluding hydrogens is 200 g/mol. The first-order chi connectivity index (χ1) is 7.66. The van der Waals surface area contributed by atoms with Crippen LogP contribution in [0.3, 0.4) is 0 Å². The minimum absolute atomic E-state index is 0.00327. The van der Waals surface area contributed by atoms with Gasteiger partial charge in [0.05, 0.1) is 6.33 Å². The van der Waals surface area contributed by atoms with Crippen molar-refractivity contribution in [1.82, 2.24) is 9.55 Å². The molecule has 0 saturated heterocycles. The van der Waals surface area contributed by atoms with Gasteiger partial charge in [-0.15, -0.1) is 0 Å². The molecule has 2 aromatic rings. The molecule has 1 aromatic carbocycles. The van der Waals surface area contributed by atoms with Crippen LogP contribution in [0.15, 0.2) is 36.8 Å². The monoisotopic (exact) mass is 214 g/mol. The molecule has 4 nitrogen and oxygen atoms in total. The summed E-state index contributed by atoms with van der Waals surface area (Å²) < 4.78 is 1.93. The van der Waals surface area contributed by atoms with Crippen LogP contribution in [0.1, 0.15) is 16.8 Å². The van der Waals surface area contributed by atoms with E-state index in [0.717, 1.165) is 6.54 Å². The standard InChI is InChI=1S/C12H14N4/c1-9-4-2-3-5-10(9)6-16-7-11(12(13)14)15-8-16/h2-5,7-8H,6H2,1H3,(H3,13,14). The lowest BCUT2D eigenvalue weighted by Crippen LogP contribution is -2.11. The van der Waals surface area contributed by atoms with Crippen LogP contribution in [-0.2, 0) is 6.54 Å². The summed E-state index contributed by atoms with van der Waals surface area (Å²) in [6.07, 6.45) is 3.48. The number of hydrogen-bond acceptors (Lipinski definition) is 2. The molecular formula is C12H14N4. The third-order valence-electron chi connectivity index (χ3n) is 2.52. The number of nitrogens with zero attached hydrogens (tertiary/aromatic N) is 2. The van der Waals surface area contributed by atoms with Crippen LogP contribution in [0.4, 0.5) is 0 Å². The van der Waals surface area contributed by atoms with E-state index in [2.05, 4.69) is 24.0 Å². The number of aryl methyl sites for hydroxylation is 1. The quantitative estimate of drug-likeness (QED) is 0.601. The molecule has 1 heterocycles. The fraction of sp³-hybridized carbons (Fsp3) is 0.167. The topological polar surface area (TPSA) is 67.7 Å². The molecule has 16 heavy (non-hydrogen) atoms. The van der Waals surface area contributed by atoms with Gasteiger partial charge < -0.3 is 10.3 Å². The Labute approximate surface area is 94.2 Å². The third kappa shape index (κ3) is 2.11. The van der Waals surface area contributed by atoms with E-state index in [1.54, 1.807) is 12.5 Å². The van der Waals surface area contributed by atoms with Gasteiger partial charge in [-0.05, 0) is 18.1 Å². The fourth-order valence-corrected chi connectivity index (χ4v) is 1.57. The maximum Gasteiger partial charge on any atom is 0.143 e. The van der Waals surface area contributed by atoms with Gasteiger partial charge in [0, 0.05) is 12.7 Å². The van der Waals surface area contributed by atoms with Gasteiger partial charge in [0.2, 0.25) is 0 Å². The van der Waals surface area contributed by atoms with Crippen molar-refractivity contribution in [2.24, 2.45) is 5.73 Å². The van der Waals surface area contributed by atoms with E-state index in [-0.39, 0.29) is 5.84 Å². The van der Waals surface area contributed by atoms with Crippen LogP contribution in [0, 0.1) is 12.3 Å². The molecule has 3 N–H and O–H groups in total. The van der Waals surface area contributed by atoms with Crippen LogP contribution in [0.5, 0.6) is 0 Å². The number of benzene rings is 1. The Morgan fingerprint density at radius 2 is 2.19 bits per heavy atom. The Morgan fingerprint density at radius 3 is 2.81 bits per heavy atom. The van der Waals surface area contributed by atoms with Gasteiger partial charge in [-0.1, -0.05) is 24.3 Å². The first-order valence-electron chi connectivity index (χ1n) is 5.07. The molecule has 1 aromatic heterocycles. The van der Waals surface area contributed by atoms with Crippen LogP contribution in [-0.4, -0.2) is 15.4 Å². The van der Waals surface area contributed by atoms with Gasteiger partial charge in [-0.2, -0.15) is 0 Å². The molecule has 0 atom stereocenters. The molecule has 4 heteroatoms. The molecule has 0 saturated carbocycles. The zero-order chi connectivity index (χ0) is 11.5. The number of nitrogens with one attached hydrogen (secondary N) is 1. The summed E-state index contributed by atoms with van der Waals surface area (Å²) in [7, 11) is 0. The van der Waals surface area contributed by atoms with Crippen molar-refractivity contribution < 1.29 is 0 Å². The average Bonchev–Trinajstić information content (AvgIpc) is 2.70. The second-order valence-electron chi connectivity index (χ2n) is 3.77. The number of rotatable bonds is 3. The number of nitrogens with two attached hydrogens (primary N) is 1. The Hall–Kier alpha value is -2.10. The lowest BCUT2D eigenvalue weighted by Gasteiger charge is -2.05. The predicted octanol–water partition coefficient (Wildman–Crippen LogP) is 1.52. The van der Waals surface area contributed by atoms with E-state index < -0.39 is 0 Å². The maximum absolute atomic E-state index is 7.27. The van der Waals surface area contributed by atoms with Crippen LogP contribution in [0.2, 0.25) is 0 Å². The van der Waals surface area contributed by atoms with Crippen molar-refractivity contribution in [1.29, 1.82) is 5.41 Å². The highest BCUT2D eigenvalue weighted by Gasteiger charge is 2.03. The van der Waals surface area contributed by atoms with Gasteiger partial charge in [0.15, 0.2) is 0 Å². The molecule has 0 aliphatic carbocycles. The first kappa shape index (κ1) is 10.4. The second-order valence-corrected chi connectivity index (χ2v) is 3.77. The minimum Gasteiger partial charge on any atom is -0.382 e. The smallest absolute Gasteiger partial charge is 0.143 e. The Balaban J connectivity index is 2.21. The normalized spacial score (nSPS) is 10.3. The van der Waals surface area contributed by atoms with Gasteiger partial charge in [0.1, 0.15) is 11.5 Å². The van der Waals surface area contributed by atoms with Crippen LogP contribution in [0.25, 0.3) is 0 Å². The molecule has 0 spiro atoms. The summed E-state index contributed by atoms with van der Waals surface area (Å²) in [6, 6.07) is 8.21. The Morgan fingerprint density at radius 1 is 1.44 bits per heavy atom. The molecule has 82 valence electrons. The summed E-state index contributed by atoms with van der Waals surface area (Å²) in [4.78, 5) is 4.05. The van der Waals surface area contributed by atoms with Crippen molar-refractivity contribution in [3.63, 3.8) is 0 Å². The van der Waals surface area contributed by atoms with Gasteiger partial charge >= 0.3 is 0 Å². The SMILES string of the molecule is Cc1ccccc1Cn1cnc(C(=N)N)c1. The molecule has 0 unspecified atom stereocenters. The number of imidazole rings is 1. The molecule has 2 rings (SSSR count). The van der Waals surface area contributed by atoms with Crippen molar-refractivity contribution in [2.45, 2.75) is 13.5 Å². The third-order valence-corrected chi connectivity index (χ3v) is 2.52. The molecule has 0 bridgehead atoms. The highest BCUT2D eigenvalue weighted by Crippen LogP contribution is 2.09. The largest absolute Gasteiger partial charge is 0.382 e. The van der Waals surface area contributed by atoms with E-state index in [1.807, 2.05) is 16.7 Å². The molecule has 0 fully saturated rings. The van der Waals surface area contributed by atoms with Gasteiger partial charge in [0.25, 0.3) is 0 Å². The number of nitrogen functional groups attached to an aromatic ring is 1. The summed E-state index contributed by atoms with van der Waals surface area (Å²) >= 11 is 0. The van der Waals surface area contributed by atoms with E-state index >= 15 is 0 Å². The van der Waals surface area contributed by atoms with Crippen molar-refractivity contribution >= 4 is 5.84 Å². The van der Waals surface area contributed by atoms with E-state index in [1.165, 1.54) is 11.1 Å². The van der Waals surface area contributed by atoms with Crippen LogP contribution >= 0.6 is 0 Å². The summed E-state index contributed by atoms with van der Waals surface area (Å²) in [5, 5.41) is 7.27. The van der Waals surface area contributed by atoms with E-state index in [4.69, 9.17) is 11.1 Å². The molecule has 0 radical (unpaired) electrons. The summed E-state index contributed by atoms with van der Waals surface area (Å²) in [6.45, 7) is 2.84. The van der Waals surface area contributed by atoms with Crippen molar-refractivity contribution in [2.75, 3.05) is 0 Å². The molecule has 0 aliphatic heterocycles. The lowest BCUT2D eigenvalue weighted by atomic mass is 10.1. The Kier molecular flexibility index (Phi) is 2.72. The molecule has 0 amide bonds. The highest BCUT2D eigenvalue weighted by atomic mass is 15.0. The fourth-order valence-electron chi connectivity index (χ4n) is 1.57. The number of aromatic nitrogens is 2. The van der Waals surface area contributed by atoms with Crippen molar-refractivity contribution in [3.05, 3.63) is 53.6 Å². The zero-order valence-electron chi connectivity index (χ0n) is 9.14. The van der Waals surface area contributed by atoms with E-state index in [0.29, 0.717) is 5.69 Å². The Bertz CT molecular complexity index is 513. The van der Waals surface area contributed by atoms with Crippen LogP contribution < -0.4 is 5.73 Å². The minimum atomic E-state index is 0.00327. The van der Waals surface area contributed by atoms with Crippen molar-refractivity contribution in [3.8, 4) is 0 Å². The molecule has 0 aliphatic rings. The highest BCUT2D eigenvalue weighted by molar-refractivity contribution is 5.92. The van der Waals surface area contributed by atoms with E-state index in [9.17, 15) is 0 Å². The number of amidine groups is 1. The zero-order valence-corrected chi connectivity index (χ0v) is 9.14. The van der Waals surface area contributed by atoms with Gasteiger partial charge in [-0.25, -0.2) is 4.98 Å². The first-order valence-corrected chi connectivity index (χ1v) is 5.07. The maximum atomic E-state index is 7.27.